The molecule has 3 aliphatic heterocycles. The van der Waals surface area contributed by atoms with Crippen LogP contribution in [-0.2, 0) is 28.3 Å². The Balaban J connectivity index is 1.10. The van der Waals surface area contributed by atoms with Crippen molar-refractivity contribution in [2.75, 3.05) is 13.1 Å². The second-order valence-corrected chi connectivity index (χ2v) is 10.1. The predicted molar refractivity (Wildman–Crippen MR) is 134 cm³/mol. The van der Waals surface area contributed by atoms with Crippen LogP contribution in [0.1, 0.15) is 53.0 Å². The monoisotopic (exact) mass is 501 g/mol. The van der Waals surface area contributed by atoms with Crippen LogP contribution in [0.5, 0.6) is 0 Å². The molecule has 8 nitrogen and oxygen atoms in total. The van der Waals surface area contributed by atoms with Gasteiger partial charge in [-0.2, -0.15) is 0 Å². The normalized spacial score (nSPS) is 21.7. The number of carbonyl (C=O) groups is 3. The topological polar surface area (TPSA) is 98.4 Å². The minimum atomic E-state index is -1.48. The number of nitrogens with one attached hydrogen (secondary N) is 2. The molecule has 9 heteroatoms. The molecule has 3 amide bonds. The van der Waals surface area contributed by atoms with E-state index in [0.717, 1.165) is 22.6 Å². The molecular weight excluding hydrogens is 473 g/mol. The van der Waals surface area contributed by atoms with E-state index in [0.29, 0.717) is 50.0 Å². The lowest BCUT2D eigenvalue weighted by atomic mass is 9.85. The summed E-state index contributed by atoms with van der Waals surface area (Å²) in [7, 11) is 0. The fourth-order valence-corrected chi connectivity index (χ4v) is 5.63. The van der Waals surface area contributed by atoms with Crippen LogP contribution in [0, 0.1) is 0 Å². The number of benzene rings is 2. The maximum absolute atomic E-state index is 16.1. The molecule has 0 spiro atoms. The zero-order valence-electron chi connectivity index (χ0n) is 20.4. The lowest BCUT2D eigenvalue weighted by Gasteiger charge is -2.36. The predicted octanol–water partition coefficient (Wildman–Crippen LogP) is 3.30. The van der Waals surface area contributed by atoms with Crippen LogP contribution in [0.25, 0.3) is 11.3 Å². The Hall–Kier alpha value is -3.85. The van der Waals surface area contributed by atoms with E-state index in [4.69, 9.17) is 0 Å². The second kappa shape index (κ2) is 9.23. The molecule has 0 radical (unpaired) electrons. The van der Waals surface area contributed by atoms with E-state index >= 15 is 4.39 Å². The Kier molecular flexibility index (Phi) is 5.87. The highest BCUT2D eigenvalue weighted by Crippen LogP contribution is 2.39. The van der Waals surface area contributed by atoms with Crippen LogP contribution in [0.3, 0.4) is 0 Å². The molecule has 3 aliphatic rings. The highest BCUT2D eigenvalue weighted by atomic mass is 19.1. The minimum absolute atomic E-state index is 0.206. The van der Waals surface area contributed by atoms with Gasteiger partial charge in [-0.25, -0.2) is 9.37 Å². The summed E-state index contributed by atoms with van der Waals surface area (Å²) in [5.41, 5.74) is 2.38. The quantitative estimate of drug-likeness (QED) is 0.523. The summed E-state index contributed by atoms with van der Waals surface area (Å²) in [6.07, 6.45) is 3.05. The van der Waals surface area contributed by atoms with Gasteiger partial charge in [0.2, 0.25) is 11.8 Å². The van der Waals surface area contributed by atoms with Crippen LogP contribution in [0.15, 0.2) is 54.7 Å². The van der Waals surface area contributed by atoms with Crippen LogP contribution in [0.2, 0.25) is 0 Å². The van der Waals surface area contributed by atoms with E-state index in [9.17, 15) is 14.4 Å². The van der Waals surface area contributed by atoms with Crippen molar-refractivity contribution in [3.05, 3.63) is 77.2 Å². The Labute approximate surface area is 213 Å². The van der Waals surface area contributed by atoms with Crippen molar-refractivity contribution in [2.24, 2.45) is 0 Å². The van der Waals surface area contributed by atoms with Crippen molar-refractivity contribution in [3.8, 4) is 11.3 Å². The number of hydrogen-bond donors (Lipinski definition) is 2. The number of nitrogens with zero attached hydrogens (tertiary/aromatic N) is 3. The van der Waals surface area contributed by atoms with Gasteiger partial charge in [-0.3, -0.25) is 24.6 Å². The fraction of sp³-hybridized carbons (Fsp3) is 0.357. The van der Waals surface area contributed by atoms with Gasteiger partial charge in [0.15, 0.2) is 0 Å². The van der Waals surface area contributed by atoms with Gasteiger partial charge in [-0.15, -0.1) is 0 Å². The first-order chi connectivity index (χ1) is 17.9. The number of imidazole rings is 1. The zero-order chi connectivity index (χ0) is 25.6. The smallest absolute Gasteiger partial charge is 0.255 e. The molecule has 1 unspecified atom stereocenters. The van der Waals surface area contributed by atoms with Gasteiger partial charge in [-0.05, 0) is 42.0 Å². The van der Waals surface area contributed by atoms with E-state index in [2.05, 4.69) is 20.2 Å². The number of carbonyl (C=O) groups excluding carboxylic acids is 3. The Morgan fingerprint density at radius 1 is 1.05 bits per heavy atom. The summed E-state index contributed by atoms with van der Waals surface area (Å²) in [5.74, 6) is -0.150. The van der Waals surface area contributed by atoms with Crippen molar-refractivity contribution >= 4 is 17.7 Å². The summed E-state index contributed by atoms with van der Waals surface area (Å²) in [5, 5.41) is 2.31. The number of imide groups is 1. The number of piperidine rings is 2. The molecule has 1 atom stereocenters. The number of halogens is 1. The Bertz CT molecular complexity index is 1360. The third-order valence-electron chi connectivity index (χ3n) is 7.78. The van der Waals surface area contributed by atoms with Crippen LogP contribution in [0.4, 0.5) is 4.39 Å². The molecule has 0 aliphatic carbocycles. The first kappa shape index (κ1) is 23.5. The standard InChI is InChI=1S/C28H28FN5O3/c29-28(10-12-33(13-11-28)17-24-30-15-22(31-24)18-4-2-1-3-5-18)20-6-7-21-19(14-20)16-34(27(21)37)23-8-9-25(35)32-26(23)36/h1-7,14-15,23H,8-13,16-17H2,(H,30,31)(H,32,35,36). The van der Waals surface area contributed by atoms with E-state index < -0.39 is 17.6 Å². The molecule has 37 heavy (non-hydrogen) atoms. The van der Waals surface area contributed by atoms with E-state index in [1.807, 2.05) is 36.5 Å². The Morgan fingerprint density at radius 3 is 2.59 bits per heavy atom. The lowest BCUT2D eigenvalue weighted by Crippen LogP contribution is -2.52. The van der Waals surface area contributed by atoms with Crippen molar-refractivity contribution in [3.63, 3.8) is 0 Å². The third kappa shape index (κ3) is 4.44. The molecule has 190 valence electrons. The van der Waals surface area contributed by atoms with E-state index in [-0.39, 0.29) is 24.8 Å². The molecule has 0 saturated carbocycles. The lowest BCUT2D eigenvalue weighted by molar-refractivity contribution is -0.136. The summed E-state index contributed by atoms with van der Waals surface area (Å²) in [6.45, 7) is 2.06. The molecule has 4 heterocycles. The molecule has 6 rings (SSSR count). The fourth-order valence-electron chi connectivity index (χ4n) is 5.63. The number of amides is 3. The number of likely N-dealkylation sites (tertiary alicyclic amines) is 1. The van der Waals surface area contributed by atoms with Crippen LogP contribution in [-0.4, -0.2) is 56.6 Å². The van der Waals surface area contributed by atoms with Crippen molar-refractivity contribution in [2.45, 2.75) is 50.5 Å². The van der Waals surface area contributed by atoms with Gasteiger partial charge < -0.3 is 9.88 Å². The van der Waals surface area contributed by atoms with Crippen molar-refractivity contribution in [1.82, 2.24) is 25.1 Å². The average molecular weight is 502 g/mol. The van der Waals surface area contributed by atoms with Gasteiger partial charge in [0.05, 0.1) is 18.4 Å². The SMILES string of the molecule is O=C1CCC(N2Cc3cc(C4(F)CCN(Cc5ncc(-c6ccccc6)[nH]5)CC4)ccc3C2=O)C(=O)N1. The molecule has 0 bridgehead atoms. The summed E-state index contributed by atoms with van der Waals surface area (Å²) >= 11 is 0. The molecule has 2 saturated heterocycles. The number of hydrogen-bond acceptors (Lipinski definition) is 5. The molecule has 2 aromatic carbocycles. The molecule has 2 N–H and O–H groups in total. The number of fused-ring (bicyclic) bond motifs is 1. The first-order valence-corrected chi connectivity index (χ1v) is 12.7. The van der Waals surface area contributed by atoms with Crippen molar-refractivity contribution in [1.29, 1.82) is 0 Å². The molecule has 1 aromatic heterocycles. The van der Waals surface area contributed by atoms with E-state index in [1.165, 1.54) is 4.90 Å². The summed E-state index contributed by atoms with van der Waals surface area (Å²) in [6, 6.07) is 14.5. The van der Waals surface area contributed by atoms with Gasteiger partial charge in [0.1, 0.15) is 17.5 Å². The van der Waals surface area contributed by atoms with Gasteiger partial charge in [0.25, 0.3) is 5.91 Å². The van der Waals surface area contributed by atoms with Gasteiger partial charge in [0, 0.05) is 31.6 Å². The number of rotatable bonds is 5. The Morgan fingerprint density at radius 2 is 1.84 bits per heavy atom. The minimum Gasteiger partial charge on any atom is -0.341 e. The van der Waals surface area contributed by atoms with Crippen molar-refractivity contribution < 1.29 is 18.8 Å². The highest BCUT2D eigenvalue weighted by molar-refractivity contribution is 6.05. The number of aromatic nitrogens is 2. The molecule has 3 aromatic rings. The number of H-pyrrole nitrogens is 1. The summed E-state index contributed by atoms with van der Waals surface area (Å²) < 4.78 is 16.1. The van der Waals surface area contributed by atoms with Gasteiger partial charge >= 0.3 is 0 Å². The maximum Gasteiger partial charge on any atom is 0.255 e. The highest BCUT2D eigenvalue weighted by Gasteiger charge is 2.41. The number of alkyl halides is 1. The molecule has 2 fully saturated rings. The van der Waals surface area contributed by atoms with Crippen LogP contribution >= 0.6 is 0 Å². The van der Waals surface area contributed by atoms with E-state index in [1.54, 1.807) is 18.2 Å². The number of aromatic amines is 1. The van der Waals surface area contributed by atoms with Crippen LogP contribution < -0.4 is 5.32 Å². The summed E-state index contributed by atoms with van der Waals surface area (Å²) in [4.78, 5) is 48.3. The largest absolute Gasteiger partial charge is 0.341 e. The maximum atomic E-state index is 16.1. The second-order valence-electron chi connectivity index (χ2n) is 10.1. The molecular formula is C28H28FN5O3. The third-order valence-corrected chi connectivity index (χ3v) is 7.78. The van der Waals surface area contributed by atoms with Gasteiger partial charge in [-0.1, -0.05) is 42.5 Å². The average Bonchev–Trinajstić information content (AvgIpc) is 3.50. The first-order valence-electron chi connectivity index (χ1n) is 12.7. The zero-order valence-corrected chi connectivity index (χ0v) is 20.4.